The van der Waals surface area contributed by atoms with Gasteiger partial charge in [-0.2, -0.15) is 0 Å². The minimum Gasteiger partial charge on any atom is -0.368 e. The second-order valence-electron chi connectivity index (χ2n) is 12.0. The highest BCUT2D eigenvalue weighted by Gasteiger charge is 2.46. The van der Waals surface area contributed by atoms with Crippen LogP contribution in [-0.4, -0.2) is 35.6 Å². The topological polar surface area (TPSA) is 36.9 Å². The van der Waals surface area contributed by atoms with Gasteiger partial charge in [-0.05, 0) is 35.8 Å². The van der Waals surface area contributed by atoms with E-state index in [1.54, 1.807) is 0 Å². The molecule has 1 fully saturated rings. The van der Waals surface area contributed by atoms with Crippen molar-refractivity contribution in [3.63, 3.8) is 0 Å². The Kier molecular flexibility index (Phi) is 16.4. The van der Waals surface area contributed by atoms with Crippen LogP contribution in [0.4, 0.5) is 0 Å². The molecule has 240 valence electrons. The van der Waals surface area contributed by atoms with Gasteiger partial charge in [-0.25, -0.2) is 0 Å². The highest BCUT2D eigenvalue weighted by molar-refractivity contribution is 7.99. The summed E-state index contributed by atoms with van der Waals surface area (Å²) in [7, 11) is 0. The second kappa shape index (κ2) is 20.8. The van der Waals surface area contributed by atoms with Gasteiger partial charge in [0.15, 0.2) is 0 Å². The molecule has 5 atom stereocenters. The highest BCUT2D eigenvalue weighted by atomic mass is 32.2. The Morgan fingerprint density at radius 1 is 0.523 bits per heavy atom. The molecule has 1 heterocycles. The number of hydrogen-bond donors (Lipinski definition) is 0. The summed E-state index contributed by atoms with van der Waals surface area (Å²) in [4.78, 5) is 0. The number of thioether (sulfide) groups is 1. The third-order valence-corrected chi connectivity index (χ3v) is 9.60. The zero-order chi connectivity index (χ0) is 30.7. The van der Waals surface area contributed by atoms with Gasteiger partial charge in [-0.1, -0.05) is 156 Å². The maximum atomic E-state index is 6.74. The Balaban J connectivity index is 1.39. The van der Waals surface area contributed by atoms with Gasteiger partial charge in [-0.3, -0.25) is 0 Å². The van der Waals surface area contributed by atoms with Gasteiger partial charge in [0.05, 0.1) is 25.9 Å². The first-order valence-corrected chi connectivity index (χ1v) is 18.0. The van der Waals surface area contributed by atoms with Crippen molar-refractivity contribution in [2.24, 2.45) is 0 Å². The van der Waals surface area contributed by atoms with Crippen LogP contribution in [-0.2, 0) is 38.8 Å². The normalized spacial score (nSPS) is 21.8. The molecule has 0 spiro atoms. The zero-order valence-corrected chi connectivity index (χ0v) is 27.8. The Bertz CT molecular complexity index is 1110. The molecule has 0 amide bonds. The van der Waals surface area contributed by atoms with E-state index >= 15 is 0 Å². The highest BCUT2D eigenvalue weighted by Crippen LogP contribution is 2.35. The van der Waals surface area contributed by atoms with Gasteiger partial charge in [-0.15, -0.1) is 11.8 Å². The molecule has 1 aliphatic rings. The van der Waals surface area contributed by atoms with E-state index in [1.165, 1.54) is 64.2 Å². The molecule has 3 aromatic rings. The summed E-state index contributed by atoms with van der Waals surface area (Å²) in [6, 6.07) is 31.1. The lowest BCUT2D eigenvalue weighted by Crippen LogP contribution is -2.58. The predicted molar refractivity (Wildman–Crippen MR) is 184 cm³/mol. The fourth-order valence-electron chi connectivity index (χ4n) is 5.79. The molecule has 3 aromatic carbocycles. The van der Waals surface area contributed by atoms with Crippen LogP contribution in [0.15, 0.2) is 91.0 Å². The molecule has 4 nitrogen and oxygen atoms in total. The Morgan fingerprint density at radius 3 is 1.41 bits per heavy atom. The smallest absolute Gasteiger partial charge is 0.132 e. The lowest BCUT2D eigenvalue weighted by atomic mass is 9.99. The van der Waals surface area contributed by atoms with Crippen LogP contribution >= 0.6 is 11.8 Å². The lowest BCUT2D eigenvalue weighted by molar-refractivity contribution is -0.242. The summed E-state index contributed by atoms with van der Waals surface area (Å²) in [6.07, 6.45) is 12.5. The van der Waals surface area contributed by atoms with Crippen molar-refractivity contribution >= 4 is 11.8 Å². The van der Waals surface area contributed by atoms with Gasteiger partial charge in [0.1, 0.15) is 23.7 Å². The molecule has 0 radical (unpaired) electrons. The number of rotatable bonds is 21. The standard InChI is InChI=1S/C39H54O4S/c1-3-4-5-6-7-8-9-10-11-21-28-44-39-38(42-31-35-26-19-14-20-27-35)37(41-30-34-24-17-13-18-25-34)36(32(2)43-39)40-29-33-22-15-12-16-23-33/h12-20,22-27,32,36-39H,3-11,21,28-31H2,1-2H3/t32-,36-,37+,38+,39-/m0/s1. The Labute approximate surface area is 271 Å². The van der Waals surface area contributed by atoms with Gasteiger partial charge in [0, 0.05) is 0 Å². The van der Waals surface area contributed by atoms with Crippen LogP contribution in [0, 0.1) is 0 Å². The third-order valence-electron chi connectivity index (χ3n) is 8.36. The van der Waals surface area contributed by atoms with E-state index in [2.05, 4.69) is 86.6 Å². The average molecular weight is 619 g/mol. The molecule has 0 N–H and O–H groups in total. The molecule has 5 heteroatoms. The van der Waals surface area contributed by atoms with Crippen LogP contribution in [0.2, 0.25) is 0 Å². The molecule has 0 saturated carbocycles. The first-order valence-electron chi connectivity index (χ1n) is 17.0. The zero-order valence-electron chi connectivity index (χ0n) is 27.0. The van der Waals surface area contributed by atoms with Crippen LogP contribution in [0.1, 0.15) is 94.7 Å². The molecule has 4 rings (SSSR count). The van der Waals surface area contributed by atoms with Crippen molar-refractivity contribution in [2.75, 3.05) is 5.75 Å². The van der Waals surface area contributed by atoms with Gasteiger partial charge < -0.3 is 18.9 Å². The van der Waals surface area contributed by atoms with Crippen molar-refractivity contribution in [1.82, 2.24) is 0 Å². The molecule has 0 unspecified atom stereocenters. The molecule has 1 aliphatic heterocycles. The summed E-state index contributed by atoms with van der Waals surface area (Å²) in [5.74, 6) is 1.06. The summed E-state index contributed by atoms with van der Waals surface area (Å²) >= 11 is 1.88. The van der Waals surface area contributed by atoms with Crippen LogP contribution in [0.3, 0.4) is 0 Å². The van der Waals surface area contributed by atoms with E-state index < -0.39 is 0 Å². The van der Waals surface area contributed by atoms with Crippen molar-refractivity contribution in [3.8, 4) is 0 Å². The predicted octanol–water partition coefficient (Wildman–Crippen LogP) is 10.1. The minimum absolute atomic E-state index is 0.121. The Morgan fingerprint density at radius 2 is 0.932 bits per heavy atom. The summed E-state index contributed by atoms with van der Waals surface area (Å²) in [5, 5.41) is 0. The Hall–Kier alpha value is -2.15. The molecule has 1 saturated heterocycles. The van der Waals surface area contributed by atoms with Gasteiger partial charge in [0.25, 0.3) is 0 Å². The number of ether oxygens (including phenoxy) is 4. The van der Waals surface area contributed by atoms with E-state index in [0.29, 0.717) is 19.8 Å². The van der Waals surface area contributed by atoms with Crippen molar-refractivity contribution in [3.05, 3.63) is 108 Å². The van der Waals surface area contributed by atoms with E-state index in [0.717, 1.165) is 22.4 Å². The first-order chi connectivity index (χ1) is 21.7. The summed E-state index contributed by atoms with van der Waals surface area (Å²) in [5.41, 5.74) is 3.31. The van der Waals surface area contributed by atoms with E-state index in [9.17, 15) is 0 Å². The molecular formula is C39H54O4S. The fourth-order valence-corrected chi connectivity index (χ4v) is 7.07. The number of benzene rings is 3. The summed E-state index contributed by atoms with van der Waals surface area (Å²) in [6.45, 7) is 5.92. The molecule has 0 aromatic heterocycles. The van der Waals surface area contributed by atoms with Crippen LogP contribution < -0.4 is 0 Å². The van der Waals surface area contributed by atoms with Crippen LogP contribution in [0.25, 0.3) is 0 Å². The van der Waals surface area contributed by atoms with Crippen molar-refractivity contribution in [1.29, 1.82) is 0 Å². The minimum atomic E-state index is -0.267. The maximum Gasteiger partial charge on any atom is 0.132 e. The second-order valence-corrected chi connectivity index (χ2v) is 13.3. The van der Waals surface area contributed by atoms with Crippen molar-refractivity contribution in [2.45, 2.75) is 128 Å². The number of unbranched alkanes of at least 4 members (excludes halogenated alkanes) is 9. The molecule has 44 heavy (non-hydrogen) atoms. The van der Waals surface area contributed by atoms with Crippen LogP contribution in [0.5, 0.6) is 0 Å². The molecule has 0 aliphatic carbocycles. The van der Waals surface area contributed by atoms with E-state index in [-0.39, 0.29) is 29.9 Å². The largest absolute Gasteiger partial charge is 0.368 e. The quantitative estimate of drug-likeness (QED) is 0.111. The summed E-state index contributed by atoms with van der Waals surface area (Å²) < 4.78 is 26.7. The van der Waals surface area contributed by atoms with E-state index in [1.807, 2.05) is 30.0 Å². The SMILES string of the molecule is CCCCCCCCCCCCS[C@@H]1O[C@@H](C)[C@H](OCc2ccccc2)[C@@H](OCc2ccccc2)[C@H]1OCc1ccccc1. The average Bonchev–Trinajstić information content (AvgIpc) is 3.06. The van der Waals surface area contributed by atoms with Gasteiger partial charge in [0.2, 0.25) is 0 Å². The monoisotopic (exact) mass is 618 g/mol. The number of hydrogen-bond acceptors (Lipinski definition) is 5. The van der Waals surface area contributed by atoms with Crippen molar-refractivity contribution < 1.29 is 18.9 Å². The van der Waals surface area contributed by atoms with Gasteiger partial charge >= 0.3 is 0 Å². The fraction of sp³-hybridized carbons (Fsp3) is 0.538. The van der Waals surface area contributed by atoms with E-state index in [4.69, 9.17) is 18.9 Å². The lowest BCUT2D eigenvalue weighted by Gasteiger charge is -2.45. The third kappa shape index (κ3) is 12.3. The molecule has 0 bridgehead atoms. The molecular weight excluding hydrogens is 564 g/mol. The first kappa shape index (κ1) is 34.7. The maximum absolute atomic E-state index is 6.74.